The predicted molar refractivity (Wildman–Crippen MR) is 76.9 cm³/mol. The lowest BCUT2D eigenvalue weighted by atomic mass is 10.1. The molecule has 1 aromatic rings. The zero-order valence-corrected chi connectivity index (χ0v) is 12.5. The Hall–Kier alpha value is -2.17. The van der Waals surface area contributed by atoms with E-state index in [2.05, 4.69) is 4.74 Å². The van der Waals surface area contributed by atoms with Gasteiger partial charge in [-0.1, -0.05) is 18.2 Å². The number of methoxy groups -OCH3 is 1. The maximum Gasteiger partial charge on any atom is 0.339 e. The van der Waals surface area contributed by atoms with Gasteiger partial charge in [-0.05, 0) is 38.3 Å². The van der Waals surface area contributed by atoms with Crippen LogP contribution in [-0.4, -0.2) is 30.9 Å². The molecule has 0 spiro atoms. The highest BCUT2D eigenvalue weighted by molar-refractivity contribution is 5.93. The molecule has 0 aliphatic rings. The Kier molecular flexibility index (Phi) is 6.59. The number of benzene rings is 1. The fourth-order valence-corrected chi connectivity index (χ4v) is 1.87. The van der Waals surface area contributed by atoms with Gasteiger partial charge in [-0.15, -0.1) is 0 Å². The minimum Gasteiger partial charge on any atom is -0.469 e. The summed E-state index contributed by atoms with van der Waals surface area (Å²) in [5.74, 6) is -1.10. The highest BCUT2D eigenvalue weighted by Crippen LogP contribution is 2.13. The molecule has 0 saturated heterocycles. The fourth-order valence-electron chi connectivity index (χ4n) is 1.87. The van der Waals surface area contributed by atoms with Crippen LogP contribution in [0.1, 0.15) is 42.1 Å². The van der Waals surface area contributed by atoms with Crippen molar-refractivity contribution in [3.63, 3.8) is 0 Å². The Bertz CT molecular complexity index is 521. The van der Waals surface area contributed by atoms with E-state index in [0.717, 1.165) is 5.56 Å². The SMILES string of the molecule is COC(=O)CCCC(OC(=O)c1ccccc1C)C(C)=O. The molecule has 0 amide bonds. The van der Waals surface area contributed by atoms with Crippen LogP contribution >= 0.6 is 0 Å². The van der Waals surface area contributed by atoms with E-state index >= 15 is 0 Å². The molecule has 1 unspecified atom stereocenters. The van der Waals surface area contributed by atoms with Crippen LogP contribution in [-0.2, 0) is 19.1 Å². The van der Waals surface area contributed by atoms with Crippen LogP contribution < -0.4 is 0 Å². The average Bonchev–Trinajstić information content (AvgIpc) is 2.46. The van der Waals surface area contributed by atoms with Gasteiger partial charge in [0.15, 0.2) is 11.9 Å². The number of ether oxygens (including phenoxy) is 2. The van der Waals surface area contributed by atoms with E-state index in [9.17, 15) is 14.4 Å². The van der Waals surface area contributed by atoms with Crippen molar-refractivity contribution in [2.45, 2.75) is 39.2 Å². The van der Waals surface area contributed by atoms with Gasteiger partial charge >= 0.3 is 11.9 Å². The second kappa shape index (κ2) is 8.19. The molecular formula is C16H20O5. The molecule has 5 nitrogen and oxygen atoms in total. The van der Waals surface area contributed by atoms with Crippen LogP contribution in [0.4, 0.5) is 0 Å². The molecule has 114 valence electrons. The summed E-state index contributed by atoms with van der Waals surface area (Å²) in [5, 5.41) is 0. The lowest BCUT2D eigenvalue weighted by Crippen LogP contribution is -2.26. The molecule has 1 atom stereocenters. The van der Waals surface area contributed by atoms with Crippen molar-refractivity contribution in [3.8, 4) is 0 Å². The third-order valence-electron chi connectivity index (χ3n) is 3.14. The molecule has 1 rings (SSSR count). The number of esters is 2. The van der Waals surface area contributed by atoms with Gasteiger partial charge in [0.25, 0.3) is 0 Å². The highest BCUT2D eigenvalue weighted by atomic mass is 16.5. The quantitative estimate of drug-likeness (QED) is 0.722. The standard InChI is InChI=1S/C16H20O5/c1-11-7-4-5-8-13(11)16(19)21-14(12(2)17)9-6-10-15(18)20-3/h4-5,7-8,14H,6,9-10H2,1-3H3. The van der Waals surface area contributed by atoms with E-state index in [4.69, 9.17) is 4.74 Å². The van der Waals surface area contributed by atoms with Crippen molar-refractivity contribution < 1.29 is 23.9 Å². The minimum atomic E-state index is -0.832. The summed E-state index contributed by atoms with van der Waals surface area (Å²) in [6, 6.07) is 7.02. The average molecular weight is 292 g/mol. The molecule has 0 aliphatic carbocycles. The van der Waals surface area contributed by atoms with E-state index in [1.165, 1.54) is 14.0 Å². The number of aryl methyl sites for hydroxylation is 1. The van der Waals surface area contributed by atoms with Crippen LogP contribution in [0, 0.1) is 6.92 Å². The minimum absolute atomic E-state index is 0.197. The summed E-state index contributed by atoms with van der Waals surface area (Å²) in [6.07, 6.45) is 0.101. The highest BCUT2D eigenvalue weighted by Gasteiger charge is 2.21. The number of rotatable bonds is 7. The number of Topliss-reactive ketones (excluding diaryl/α,β-unsaturated/α-hetero) is 1. The molecule has 5 heteroatoms. The Labute approximate surface area is 124 Å². The Balaban J connectivity index is 2.62. The third-order valence-corrected chi connectivity index (χ3v) is 3.14. The largest absolute Gasteiger partial charge is 0.469 e. The number of hydrogen-bond acceptors (Lipinski definition) is 5. The number of carbonyl (C=O) groups is 3. The van der Waals surface area contributed by atoms with Crippen molar-refractivity contribution in [1.82, 2.24) is 0 Å². The number of carbonyl (C=O) groups excluding carboxylic acids is 3. The monoisotopic (exact) mass is 292 g/mol. The van der Waals surface area contributed by atoms with Crippen LogP contribution in [0.15, 0.2) is 24.3 Å². The Morgan fingerprint density at radius 1 is 1.19 bits per heavy atom. The van der Waals surface area contributed by atoms with Crippen molar-refractivity contribution in [2.75, 3.05) is 7.11 Å². The molecule has 0 aliphatic heterocycles. The molecule has 0 aromatic heterocycles. The molecule has 0 saturated carbocycles. The second-order valence-corrected chi connectivity index (χ2v) is 4.79. The summed E-state index contributed by atoms with van der Waals surface area (Å²) >= 11 is 0. The summed E-state index contributed by atoms with van der Waals surface area (Å²) in [7, 11) is 1.31. The van der Waals surface area contributed by atoms with Crippen LogP contribution in [0.25, 0.3) is 0 Å². The van der Waals surface area contributed by atoms with Crippen molar-refractivity contribution in [1.29, 1.82) is 0 Å². The molecule has 21 heavy (non-hydrogen) atoms. The van der Waals surface area contributed by atoms with E-state index in [1.807, 2.05) is 6.07 Å². The smallest absolute Gasteiger partial charge is 0.339 e. The van der Waals surface area contributed by atoms with E-state index < -0.39 is 12.1 Å². The van der Waals surface area contributed by atoms with Gasteiger partial charge in [0, 0.05) is 6.42 Å². The van der Waals surface area contributed by atoms with Gasteiger partial charge in [0.05, 0.1) is 12.7 Å². The first-order valence-electron chi connectivity index (χ1n) is 6.79. The van der Waals surface area contributed by atoms with Crippen molar-refractivity contribution >= 4 is 17.7 Å². The van der Waals surface area contributed by atoms with Crippen molar-refractivity contribution in [2.24, 2.45) is 0 Å². The third kappa shape index (κ3) is 5.38. The van der Waals surface area contributed by atoms with Gasteiger partial charge in [-0.25, -0.2) is 4.79 Å². The maximum absolute atomic E-state index is 12.1. The fraction of sp³-hybridized carbons (Fsp3) is 0.438. The maximum atomic E-state index is 12.1. The summed E-state index contributed by atoms with van der Waals surface area (Å²) < 4.78 is 9.78. The van der Waals surface area contributed by atoms with Gasteiger partial charge in [0.1, 0.15) is 0 Å². The first kappa shape index (κ1) is 16.9. The van der Waals surface area contributed by atoms with Crippen LogP contribution in [0.3, 0.4) is 0 Å². The molecule has 0 radical (unpaired) electrons. The molecule has 0 heterocycles. The number of ketones is 1. The zero-order valence-electron chi connectivity index (χ0n) is 12.5. The predicted octanol–water partition coefficient (Wildman–Crippen LogP) is 2.45. The molecular weight excluding hydrogens is 272 g/mol. The second-order valence-electron chi connectivity index (χ2n) is 4.79. The topological polar surface area (TPSA) is 69.7 Å². The van der Waals surface area contributed by atoms with E-state index in [1.54, 1.807) is 25.1 Å². The first-order chi connectivity index (χ1) is 9.95. The summed E-state index contributed by atoms with van der Waals surface area (Å²) in [5.41, 5.74) is 1.23. The molecule has 0 fully saturated rings. The lowest BCUT2D eigenvalue weighted by molar-refractivity contribution is -0.141. The Morgan fingerprint density at radius 2 is 1.86 bits per heavy atom. The Morgan fingerprint density at radius 3 is 2.43 bits per heavy atom. The van der Waals surface area contributed by atoms with Crippen LogP contribution in [0.5, 0.6) is 0 Å². The van der Waals surface area contributed by atoms with Gasteiger partial charge in [-0.3, -0.25) is 9.59 Å². The molecule has 0 bridgehead atoms. The summed E-state index contributed by atoms with van der Waals surface area (Å²) in [6.45, 7) is 3.17. The van der Waals surface area contributed by atoms with Crippen LogP contribution in [0.2, 0.25) is 0 Å². The zero-order chi connectivity index (χ0) is 15.8. The van der Waals surface area contributed by atoms with E-state index in [0.29, 0.717) is 18.4 Å². The van der Waals surface area contributed by atoms with Crippen molar-refractivity contribution in [3.05, 3.63) is 35.4 Å². The normalized spacial score (nSPS) is 11.6. The lowest BCUT2D eigenvalue weighted by Gasteiger charge is -2.15. The molecule has 0 N–H and O–H groups in total. The van der Waals surface area contributed by atoms with Gasteiger partial charge in [0.2, 0.25) is 0 Å². The molecule has 1 aromatic carbocycles. The van der Waals surface area contributed by atoms with Gasteiger partial charge < -0.3 is 9.47 Å². The van der Waals surface area contributed by atoms with Gasteiger partial charge in [-0.2, -0.15) is 0 Å². The number of hydrogen-bond donors (Lipinski definition) is 0. The van der Waals surface area contributed by atoms with E-state index in [-0.39, 0.29) is 18.2 Å². The first-order valence-corrected chi connectivity index (χ1v) is 6.79. The summed E-state index contributed by atoms with van der Waals surface area (Å²) in [4.78, 5) is 34.7.